The Morgan fingerprint density at radius 1 is 1.23 bits per heavy atom. The normalized spacial score (nSPS) is 10.8. The summed E-state index contributed by atoms with van der Waals surface area (Å²) in [5.41, 5.74) is 1.17. The number of thioether (sulfide) groups is 1. The zero-order valence-electron chi connectivity index (χ0n) is 14.2. The number of rotatable bonds is 6. The van der Waals surface area contributed by atoms with Crippen molar-refractivity contribution in [1.82, 2.24) is 9.55 Å². The Kier molecular flexibility index (Phi) is 5.96. The second kappa shape index (κ2) is 8.38. The van der Waals surface area contributed by atoms with Crippen molar-refractivity contribution in [3.63, 3.8) is 0 Å². The van der Waals surface area contributed by atoms with Gasteiger partial charge < -0.3 is 5.32 Å². The summed E-state index contributed by atoms with van der Waals surface area (Å²) in [6.45, 7) is 2.54. The van der Waals surface area contributed by atoms with Gasteiger partial charge >= 0.3 is 0 Å². The minimum Gasteiger partial charge on any atom is -0.325 e. The van der Waals surface area contributed by atoms with Gasteiger partial charge in [0.25, 0.3) is 5.56 Å². The third-order valence-corrected chi connectivity index (χ3v) is 4.93. The molecule has 0 fully saturated rings. The van der Waals surface area contributed by atoms with E-state index < -0.39 is 0 Å². The van der Waals surface area contributed by atoms with E-state index in [4.69, 9.17) is 11.6 Å². The molecule has 2 aromatic carbocycles. The van der Waals surface area contributed by atoms with Crippen LogP contribution >= 0.6 is 23.4 Å². The topological polar surface area (TPSA) is 64.0 Å². The van der Waals surface area contributed by atoms with E-state index in [2.05, 4.69) is 10.3 Å². The summed E-state index contributed by atoms with van der Waals surface area (Å²) in [6.07, 6.45) is 0.796. The van der Waals surface area contributed by atoms with E-state index in [9.17, 15) is 9.59 Å². The molecule has 0 spiro atoms. The van der Waals surface area contributed by atoms with Gasteiger partial charge in [0, 0.05) is 17.3 Å². The van der Waals surface area contributed by atoms with Crippen LogP contribution in [0.4, 0.5) is 5.69 Å². The first-order valence-electron chi connectivity index (χ1n) is 8.26. The van der Waals surface area contributed by atoms with Gasteiger partial charge in [-0.2, -0.15) is 0 Å². The highest BCUT2D eigenvalue weighted by atomic mass is 35.5. The van der Waals surface area contributed by atoms with Gasteiger partial charge in [-0.1, -0.05) is 48.5 Å². The van der Waals surface area contributed by atoms with Crippen LogP contribution in [0.25, 0.3) is 10.9 Å². The Balaban J connectivity index is 1.85. The molecule has 0 unspecified atom stereocenters. The standard InChI is InChI=1S/C19H18ClN3O2S/c1-2-10-23-18(25)15-9-8-13(20)11-16(15)22-19(23)26-12-17(24)21-14-6-4-3-5-7-14/h3-9,11H,2,10,12H2,1H3,(H,21,24). The SMILES string of the molecule is CCCn1c(SCC(=O)Nc2ccccc2)nc2cc(Cl)ccc2c1=O. The number of benzene rings is 2. The quantitative estimate of drug-likeness (QED) is 0.508. The highest BCUT2D eigenvalue weighted by molar-refractivity contribution is 7.99. The van der Waals surface area contributed by atoms with Crippen molar-refractivity contribution in [2.75, 3.05) is 11.1 Å². The Bertz CT molecular complexity index is 989. The second-order valence-electron chi connectivity index (χ2n) is 5.72. The van der Waals surface area contributed by atoms with Crippen molar-refractivity contribution >= 4 is 45.9 Å². The van der Waals surface area contributed by atoms with Crippen molar-refractivity contribution in [2.45, 2.75) is 25.0 Å². The molecule has 3 aromatic rings. The smallest absolute Gasteiger partial charge is 0.262 e. The van der Waals surface area contributed by atoms with Gasteiger partial charge in [0.1, 0.15) is 0 Å². The van der Waals surface area contributed by atoms with Gasteiger partial charge in [-0.25, -0.2) is 4.98 Å². The van der Waals surface area contributed by atoms with E-state index in [1.807, 2.05) is 37.3 Å². The highest BCUT2D eigenvalue weighted by Crippen LogP contribution is 2.21. The monoisotopic (exact) mass is 387 g/mol. The van der Waals surface area contributed by atoms with Gasteiger partial charge in [-0.05, 0) is 36.8 Å². The lowest BCUT2D eigenvalue weighted by Crippen LogP contribution is -2.24. The highest BCUT2D eigenvalue weighted by Gasteiger charge is 2.13. The molecule has 0 saturated heterocycles. The third kappa shape index (κ3) is 4.26. The molecular formula is C19H18ClN3O2S. The number of hydrogen-bond acceptors (Lipinski definition) is 4. The van der Waals surface area contributed by atoms with E-state index in [-0.39, 0.29) is 17.2 Å². The summed E-state index contributed by atoms with van der Waals surface area (Å²) >= 11 is 7.27. The molecule has 1 amide bonds. The van der Waals surface area contributed by atoms with Crippen molar-refractivity contribution in [3.8, 4) is 0 Å². The Morgan fingerprint density at radius 2 is 2.00 bits per heavy atom. The summed E-state index contributed by atoms with van der Waals surface area (Å²) in [7, 11) is 0. The first kappa shape index (κ1) is 18.5. The van der Waals surface area contributed by atoms with E-state index >= 15 is 0 Å². The number of fused-ring (bicyclic) bond motifs is 1. The van der Waals surface area contributed by atoms with Crippen LogP contribution in [0.5, 0.6) is 0 Å². The van der Waals surface area contributed by atoms with Gasteiger partial charge in [-0.3, -0.25) is 14.2 Å². The average Bonchev–Trinajstić information content (AvgIpc) is 2.63. The zero-order valence-corrected chi connectivity index (χ0v) is 15.8. The number of carbonyl (C=O) groups excluding carboxylic acids is 1. The maximum absolute atomic E-state index is 12.8. The zero-order chi connectivity index (χ0) is 18.5. The average molecular weight is 388 g/mol. The fourth-order valence-electron chi connectivity index (χ4n) is 2.55. The van der Waals surface area contributed by atoms with Crippen molar-refractivity contribution < 1.29 is 4.79 Å². The van der Waals surface area contributed by atoms with Gasteiger partial charge in [-0.15, -0.1) is 0 Å². The van der Waals surface area contributed by atoms with Crippen LogP contribution in [0.2, 0.25) is 5.02 Å². The van der Waals surface area contributed by atoms with Crippen LogP contribution in [-0.4, -0.2) is 21.2 Å². The van der Waals surface area contributed by atoms with Crippen LogP contribution in [0.15, 0.2) is 58.5 Å². The molecule has 0 bridgehead atoms. The summed E-state index contributed by atoms with van der Waals surface area (Å²) in [4.78, 5) is 29.5. The maximum Gasteiger partial charge on any atom is 0.262 e. The summed E-state index contributed by atoms with van der Waals surface area (Å²) in [5.74, 6) is 0.0154. The van der Waals surface area contributed by atoms with Crippen LogP contribution in [-0.2, 0) is 11.3 Å². The molecular weight excluding hydrogens is 370 g/mol. The number of para-hydroxylation sites is 1. The van der Waals surface area contributed by atoms with Crippen molar-refractivity contribution in [2.24, 2.45) is 0 Å². The number of aromatic nitrogens is 2. The van der Waals surface area contributed by atoms with Crippen molar-refractivity contribution in [3.05, 3.63) is 63.9 Å². The Morgan fingerprint density at radius 3 is 2.73 bits per heavy atom. The molecule has 1 heterocycles. The molecule has 7 heteroatoms. The predicted octanol–water partition coefficient (Wildman–Crippen LogP) is 4.19. The molecule has 0 aliphatic carbocycles. The fraction of sp³-hybridized carbons (Fsp3) is 0.211. The van der Waals surface area contributed by atoms with Crippen LogP contribution < -0.4 is 10.9 Å². The van der Waals surface area contributed by atoms with Crippen LogP contribution in [0.1, 0.15) is 13.3 Å². The van der Waals surface area contributed by atoms with E-state index in [0.29, 0.717) is 27.6 Å². The maximum atomic E-state index is 12.8. The largest absolute Gasteiger partial charge is 0.325 e. The molecule has 0 saturated carbocycles. The summed E-state index contributed by atoms with van der Waals surface area (Å²) in [5, 5.41) is 4.40. The molecule has 26 heavy (non-hydrogen) atoms. The number of nitrogens with one attached hydrogen (secondary N) is 1. The molecule has 0 aliphatic rings. The lowest BCUT2D eigenvalue weighted by Gasteiger charge is -2.12. The Hall–Kier alpha value is -2.31. The molecule has 0 radical (unpaired) electrons. The molecule has 0 aliphatic heterocycles. The molecule has 1 aromatic heterocycles. The molecule has 5 nitrogen and oxygen atoms in total. The fourth-order valence-corrected chi connectivity index (χ4v) is 3.55. The first-order chi connectivity index (χ1) is 12.6. The predicted molar refractivity (Wildman–Crippen MR) is 107 cm³/mol. The minimum atomic E-state index is -0.148. The van der Waals surface area contributed by atoms with Crippen molar-refractivity contribution in [1.29, 1.82) is 0 Å². The summed E-state index contributed by atoms with van der Waals surface area (Å²) in [6, 6.07) is 14.3. The molecule has 3 rings (SSSR count). The minimum absolute atomic E-state index is 0.112. The first-order valence-corrected chi connectivity index (χ1v) is 9.62. The number of hydrogen-bond donors (Lipinski definition) is 1. The number of amides is 1. The second-order valence-corrected chi connectivity index (χ2v) is 7.09. The summed E-state index contributed by atoms with van der Waals surface area (Å²) < 4.78 is 1.62. The van der Waals surface area contributed by atoms with E-state index in [1.54, 1.807) is 22.8 Å². The Labute approximate surface area is 160 Å². The van der Waals surface area contributed by atoms with E-state index in [1.165, 1.54) is 11.8 Å². The van der Waals surface area contributed by atoms with Gasteiger partial charge in [0.2, 0.25) is 5.91 Å². The van der Waals surface area contributed by atoms with Crippen LogP contribution in [0, 0.1) is 0 Å². The molecule has 0 atom stereocenters. The van der Waals surface area contributed by atoms with Crippen LogP contribution in [0.3, 0.4) is 0 Å². The number of halogens is 1. The lowest BCUT2D eigenvalue weighted by molar-refractivity contribution is -0.113. The molecule has 134 valence electrons. The number of nitrogens with zero attached hydrogens (tertiary/aromatic N) is 2. The third-order valence-electron chi connectivity index (χ3n) is 3.72. The van der Waals surface area contributed by atoms with Gasteiger partial charge in [0.15, 0.2) is 5.16 Å². The number of carbonyl (C=O) groups is 1. The molecule has 1 N–H and O–H groups in total. The number of anilines is 1. The van der Waals surface area contributed by atoms with E-state index in [0.717, 1.165) is 12.1 Å². The lowest BCUT2D eigenvalue weighted by atomic mass is 10.2. The van der Waals surface area contributed by atoms with Gasteiger partial charge in [0.05, 0.1) is 16.7 Å².